The number of benzene rings is 1. The van der Waals surface area contributed by atoms with Crippen LogP contribution in [0, 0.1) is 11.7 Å². The van der Waals surface area contributed by atoms with Crippen LogP contribution in [0.3, 0.4) is 0 Å². The Labute approximate surface area is 118 Å². The van der Waals surface area contributed by atoms with Gasteiger partial charge < -0.3 is 15.7 Å². The SMILES string of the molecule is NCC(Cc1cc(O)cc(F)c1)C(=O)N1CCCCC1. The molecule has 1 amide bonds. The van der Waals surface area contributed by atoms with Crippen LogP contribution < -0.4 is 5.73 Å². The van der Waals surface area contributed by atoms with Gasteiger partial charge in [-0.3, -0.25) is 4.79 Å². The van der Waals surface area contributed by atoms with Crippen LogP contribution in [0.4, 0.5) is 4.39 Å². The second-order valence-corrected chi connectivity index (χ2v) is 5.34. The number of phenols is 1. The summed E-state index contributed by atoms with van der Waals surface area (Å²) in [6.45, 7) is 1.79. The third-order valence-corrected chi connectivity index (χ3v) is 3.73. The van der Waals surface area contributed by atoms with Crippen molar-refractivity contribution in [2.24, 2.45) is 11.7 Å². The Morgan fingerprint density at radius 3 is 2.60 bits per heavy atom. The van der Waals surface area contributed by atoms with E-state index in [0.717, 1.165) is 38.4 Å². The van der Waals surface area contributed by atoms with E-state index in [1.807, 2.05) is 4.90 Å². The minimum Gasteiger partial charge on any atom is -0.508 e. The molecule has 3 N–H and O–H groups in total. The van der Waals surface area contributed by atoms with Crippen LogP contribution >= 0.6 is 0 Å². The maximum atomic E-state index is 13.3. The van der Waals surface area contributed by atoms with Gasteiger partial charge in [0.1, 0.15) is 11.6 Å². The third kappa shape index (κ3) is 3.70. The average molecular weight is 280 g/mol. The molecule has 1 unspecified atom stereocenters. The van der Waals surface area contributed by atoms with Crippen LogP contribution in [0.25, 0.3) is 0 Å². The summed E-state index contributed by atoms with van der Waals surface area (Å²) in [6, 6.07) is 3.87. The lowest BCUT2D eigenvalue weighted by atomic mass is 9.96. The number of hydrogen-bond acceptors (Lipinski definition) is 3. The van der Waals surface area contributed by atoms with Gasteiger partial charge in [-0.1, -0.05) is 0 Å². The molecule has 0 bridgehead atoms. The molecule has 20 heavy (non-hydrogen) atoms. The first kappa shape index (κ1) is 14.8. The fraction of sp³-hybridized carbons (Fsp3) is 0.533. The van der Waals surface area contributed by atoms with Gasteiger partial charge >= 0.3 is 0 Å². The highest BCUT2D eigenvalue weighted by molar-refractivity contribution is 5.79. The molecule has 1 heterocycles. The molecule has 1 fully saturated rings. The Kier molecular flexibility index (Phi) is 4.95. The molecular weight excluding hydrogens is 259 g/mol. The van der Waals surface area contributed by atoms with Gasteiger partial charge in [0.2, 0.25) is 5.91 Å². The maximum absolute atomic E-state index is 13.3. The van der Waals surface area contributed by atoms with E-state index in [0.29, 0.717) is 12.0 Å². The predicted molar refractivity (Wildman–Crippen MR) is 74.7 cm³/mol. The number of phenolic OH excluding ortho intramolecular Hbond substituents is 1. The topological polar surface area (TPSA) is 66.6 Å². The van der Waals surface area contributed by atoms with Crippen molar-refractivity contribution in [1.29, 1.82) is 0 Å². The molecular formula is C15H21FN2O2. The number of aromatic hydroxyl groups is 1. The van der Waals surface area contributed by atoms with Gasteiger partial charge in [0, 0.05) is 25.7 Å². The molecule has 2 rings (SSSR count). The molecule has 0 radical (unpaired) electrons. The third-order valence-electron chi connectivity index (χ3n) is 3.73. The Morgan fingerprint density at radius 2 is 2.00 bits per heavy atom. The quantitative estimate of drug-likeness (QED) is 0.881. The minimum absolute atomic E-state index is 0.0379. The van der Waals surface area contributed by atoms with Crippen LogP contribution in [0.1, 0.15) is 24.8 Å². The van der Waals surface area contributed by atoms with Gasteiger partial charge in [-0.2, -0.15) is 0 Å². The van der Waals surface area contributed by atoms with E-state index in [1.54, 1.807) is 0 Å². The first-order chi connectivity index (χ1) is 9.60. The van der Waals surface area contributed by atoms with Crippen LogP contribution in [0.2, 0.25) is 0 Å². The predicted octanol–water partition coefficient (Wildman–Crippen LogP) is 1.66. The fourth-order valence-corrected chi connectivity index (χ4v) is 2.68. The van der Waals surface area contributed by atoms with Crippen LogP contribution in [0.15, 0.2) is 18.2 Å². The molecule has 1 saturated heterocycles. The number of amides is 1. The van der Waals surface area contributed by atoms with Gasteiger partial charge in [-0.15, -0.1) is 0 Å². The molecule has 110 valence electrons. The molecule has 4 nitrogen and oxygen atoms in total. The number of hydrogen-bond donors (Lipinski definition) is 2. The number of rotatable bonds is 4. The van der Waals surface area contributed by atoms with Gasteiger partial charge in [-0.05, 0) is 43.4 Å². The van der Waals surface area contributed by atoms with E-state index < -0.39 is 5.82 Å². The largest absolute Gasteiger partial charge is 0.508 e. The van der Waals surface area contributed by atoms with E-state index in [1.165, 1.54) is 12.1 Å². The monoisotopic (exact) mass is 280 g/mol. The molecule has 1 aromatic rings. The molecule has 0 aromatic heterocycles. The number of carbonyl (C=O) groups excluding carboxylic acids is 1. The Hall–Kier alpha value is -1.62. The molecule has 5 heteroatoms. The van der Waals surface area contributed by atoms with Crippen molar-refractivity contribution in [1.82, 2.24) is 4.90 Å². The Morgan fingerprint density at radius 1 is 1.30 bits per heavy atom. The van der Waals surface area contributed by atoms with Crippen molar-refractivity contribution < 1.29 is 14.3 Å². The van der Waals surface area contributed by atoms with Crippen LogP contribution in [0.5, 0.6) is 5.75 Å². The van der Waals surface area contributed by atoms with E-state index in [-0.39, 0.29) is 24.1 Å². The van der Waals surface area contributed by atoms with Gasteiger partial charge in [0.05, 0.1) is 5.92 Å². The zero-order valence-corrected chi connectivity index (χ0v) is 11.5. The number of nitrogens with two attached hydrogens (primary N) is 1. The highest BCUT2D eigenvalue weighted by atomic mass is 19.1. The molecule has 1 atom stereocenters. The minimum atomic E-state index is -0.499. The highest BCUT2D eigenvalue weighted by Gasteiger charge is 2.24. The van der Waals surface area contributed by atoms with Crippen molar-refractivity contribution in [3.8, 4) is 5.75 Å². The van der Waals surface area contributed by atoms with Crippen LogP contribution in [-0.4, -0.2) is 35.5 Å². The van der Waals surface area contributed by atoms with E-state index in [4.69, 9.17) is 5.73 Å². The van der Waals surface area contributed by atoms with Gasteiger partial charge in [-0.25, -0.2) is 4.39 Å². The van der Waals surface area contributed by atoms with E-state index in [2.05, 4.69) is 0 Å². The second kappa shape index (κ2) is 6.70. The molecule has 1 aromatic carbocycles. The molecule has 1 aliphatic rings. The number of likely N-dealkylation sites (tertiary alicyclic amines) is 1. The van der Waals surface area contributed by atoms with Crippen molar-refractivity contribution in [3.63, 3.8) is 0 Å². The van der Waals surface area contributed by atoms with Crippen molar-refractivity contribution in [2.45, 2.75) is 25.7 Å². The number of nitrogens with zero attached hydrogens (tertiary/aromatic N) is 1. The molecule has 0 saturated carbocycles. The fourth-order valence-electron chi connectivity index (χ4n) is 2.68. The second-order valence-electron chi connectivity index (χ2n) is 5.34. The Bertz CT molecular complexity index is 453. The van der Waals surface area contributed by atoms with Crippen molar-refractivity contribution >= 4 is 5.91 Å². The lowest BCUT2D eigenvalue weighted by molar-refractivity contribution is -0.136. The normalized spacial score (nSPS) is 17.0. The number of piperidine rings is 1. The lowest BCUT2D eigenvalue weighted by Gasteiger charge is -2.30. The lowest BCUT2D eigenvalue weighted by Crippen LogP contribution is -2.42. The van der Waals surface area contributed by atoms with E-state index >= 15 is 0 Å². The molecule has 0 aliphatic carbocycles. The zero-order chi connectivity index (χ0) is 14.5. The molecule has 1 aliphatic heterocycles. The summed E-state index contributed by atoms with van der Waals surface area (Å²) in [7, 11) is 0. The summed E-state index contributed by atoms with van der Waals surface area (Å²) in [4.78, 5) is 14.2. The number of halogens is 1. The van der Waals surface area contributed by atoms with Gasteiger partial charge in [0.15, 0.2) is 0 Å². The van der Waals surface area contributed by atoms with Crippen molar-refractivity contribution in [3.05, 3.63) is 29.6 Å². The summed E-state index contributed by atoms with van der Waals surface area (Å²) >= 11 is 0. The summed E-state index contributed by atoms with van der Waals surface area (Å²) in [5.41, 5.74) is 6.30. The van der Waals surface area contributed by atoms with E-state index in [9.17, 15) is 14.3 Å². The summed E-state index contributed by atoms with van der Waals surface area (Å²) in [6.07, 6.45) is 3.58. The first-order valence-electron chi connectivity index (χ1n) is 7.07. The smallest absolute Gasteiger partial charge is 0.227 e. The molecule has 0 spiro atoms. The average Bonchev–Trinajstić information content (AvgIpc) is 2.44. The maximum Gasteiger partial charge on any atom is 0.227 e. The highest BCUT2D eigenvalue weighted by Crippen LogP contribution is 2.19. The summed E-state index contributed by atoms with van der Waals surface area (Å²) in [5, 5.41) is 9.40. The zero-order valence-electron chi connectivity index (χ0n) is 11.5. The van der Waals surface area contributed by atoms with Gasteiger partial charge in [0.25, 0.3) is 0 Å². The summed E-state index contributed by atoms with van der Waals surface area (Å²) < 4.78 is 13.3. The number of carbonyl (C=O) groups is 1. The van der Waals surface area contributed by atoms with Crippen LogP contribution in [-0.2, 0) is 11.2 Å². The Balaban J connectivity index is 2.05. The van der Waals surface area contributed by atoms with Crippen molar-refractivity contribution in [2.75, 3.05) is 19.6 Å². The first-order valence-corrected chi connectivity index (χ1v) is 7.07. The summed E-state index contributed by atoms with van der Waals surface area (Å²) in [5.74, 6) is -0.937. The standard InChI is InChI=1S/C15H21FN2O2/c16-13-7-11(8-14(19)9-13)6-12(10-17)15(20)18-4-2-1-3-5-18/h7-9,12,19H,1-6,10,17H2.